The van der Waals surface area contributed by atoms with Crippen LogP contribution in [0.4, 0.5) is 11.5 Å². The number of anilines is 2. The number of halogens is 1. The summed E-state index contributed by atoms with van der Waals surface area (Å²) >= 11 is 6.12. The van der Waals surface area contributed by atoms with E-state index >= 15 is 0 Å². The van der Waals surface area contributed by atoms with E-state index in [2.05, 4.69) is 30.9 Å². The summed E-state index contributed by atoms with van der Waals surface area (Å²) in [6.07, 6.45) is 1.52. The maximum atomic E-state index is 9.34. The number of fused-ring (bicyclic) bond motifs is 1. The van der Waals surface area contributed by atoms with Crippen LogP contribution < -0.4 is 9.80 Å². The van der Waals surface area contributed by atoms with Crippen LogP contribution >= 0.6 is 11.6 Å². The van der Waals surface area contributed by atoms with Gasteiger partial charge in [-0.1, -0.05) is 11.6 Å². The number of rotatable bonds is 2. The third-order valence-corrected chi connectivity index (χ3v) is 4.62. The molecule has 1 saturated heterocycles. The number of aryl methyl sites for hydroxylation is 1. The second kappa shape index (κ2) is 6.22. The van der Waals surface area contributed by atoms with E-state index in [0.717, 1.165) is 43.4 Å². The molecule has 1 aromatic carbocycles. The van der Waals surface area contributed by atoms with Gasteiger partial charge in [0.05, 0.1) is 11.3 Å². The third-order valence-electron chi connectivity index (χ3n) is 4.39. The number of aromatic nitrogens is 4. The van der Waals surface area contributed by atoms with Gasteiger partial charge >= 0.3 is 0 Å². The first-order chi connectivity index (χ1) is 12.2. The highest BCUT2D eigenvalue weighted by molar-refractivity contribution is 6.30. The molecule has 3 heterocycles. The zero-order valence-electron chi connectivity index (χ0n) is 13.7. The summed E-state index contributed by atoms with van der Waals surface area (Å²) in [6.45, 7) is 5.18. The van der Waals surface area contributed by atoms with E-state index in [4.69, 9.17) is 11.6 Å². The summed E-state index contributed by atoms with van der Waals surface area (Å²) < 4.78 is 1.77. The van der Waals surface area contributed by atoms with Crippen molar-refractivity contribution in [1.82, 2.24) is 19.6 Å². The molecular weight excluding hydrogens is 338 g/mol. The summed E-state index contributed by atoms with van der Waals surface area (Å²) in [6, 6.07) is 9.66. The van der Waals surface area contributed by atoms with Gasteiger partial charge in [-0.05, 0) is 25.1 Å². The molecule has 0 spiro atoms. The van der Waals surface area contributed by atoms with E-state index in [1.54, 1.807) is 16.6 Å². The largest absolute Gasteiger partial charge is 0.367 e. The first kappa shape index (κ1) is 15.7. The van der Waals surface area contributed by atoms with Crippen LogP contribution in [0.1, 0.15) is 11.3 Å². The number of hydrogen-bond acceptors (Lipinski definition) is 6. The highest BCUT2D eigenvalue weighted by Gasteiger charge is 2.22. The van der Waals surface area contributed by atoms with E-state index in [-0.39, 0.29) is 0 Å². The van der Waals surface area contributed by atoms with Crippen molar-refractivity contribution in [3.8, 4) is 6.07 Å². The van der Waals surface area contributed by atoms with E-state index in [1.165, 1.54) is 6.33 Å². The van der Waals surface area contributed by atoms with Gasteiger partial charge in [0, 0.05) is 43.0 Å². The zero-order chi connectivity index (χ0) is 17.4. The lowest BCUT2D eigenvalue weighted by Crippen LogP contribution is -2.47. The minimum atomic E-state index is 0.610. The molecule has 126 valence electrons. The van der Waals surface area contributed by atoms with Crippen molar-refractivity contribution in [2.75, 3.05) is 36.0 Å². The van der Waals surface area contributed by atoms with Crippen LogP contribution in [0, 0.1) is 18.3 Å². The molecule has 0 bridgehead atoms. The maximum absolute atomic E-state index is 9.34. The summed E-state index contributed by atoms with van der Waals surface area (Å²) in [5.41, 5.74) is 2.46. The van der Waals surface area contributed by atoms with Gasteiger partial charge in [-0.15, -0.1) is 0 Å². The lowest BCUT2D eigenvalue weighted by molar-refractivity contribution is 0.638. The molecule has 1 aliphatic rings. The smallest absolute Gasteiger partial charge is 0.254 e. The quantitative estimate of drug-likeness (QED) is 0.703. The number of nitrogens with zero attached hydrogens (tertiary/aromatic N) is 7. The van der Waals surface area contributed by atoms with Crippen molar-refractivity contribution >= 4 is 28.9 Å². The molecule has 2 aromatic heterocycles. The van der Waals surface area contributed by atoms with Gasteiger partial charge in [-0.2, -0.15) is 19.9 Å². The van der Waals surface area contributed by atoms with E-state index in [0.29, 0.717) is 16.4 Å². The normalized spacial score (nSPS) is 14.8. The Kier molecular flexibility index (Phi) is 3.90. The first-order valence-corrected chi connectivity index (χ1v) is 8.40. The van der Waals surface area contributed by atoms with Gasteiger partial charge in [0.1, 0.15) is 18.2 Å². The van der Waals surface area contributed by atoms with E-state index in [1.807, 2.05) is 19.1 Å². The number of nitriles is 1. The van der Waals surface area contributed by atoms with Crippen molar-refractivity contribution in [3.05, 3.63) is 46.9 Å². The topological polar surface area (TPSA) is 73.3 Å². The fourth-order valence-corrected chi connectivity index (χ4v) is 3.34. The Labute approximate surface area is 150 Å². The van der Waals surface area contributed by atoms with Crippen LogP contribution in [0.3, 0.4) is 0 Å². The van der Waals surface area contributed by atoms with E-state index < -0.39 is 0 Å². The van der Waals surface area contributed by atoms with Crippen molar-refractivity contribution in [2.24, 2.45) is 0 Å². The molecule has 7 nitrogen and oxygen atoms in total. The molecule has 0 amide bonds. The molecule has 0 radical (unpaired) electrons. The Morgan fingerprint density at radius 3 is 2.64 bits per heavy atom. The SMILES string of the molecule is Cc1cc(N2CCN(c3cc(Cl)ccc3C#N)CC2)n2ncnc2n1. The molecule has 3 aromatic rings. The average Bonchev–Trinajstić information content (AvgIpc) is 3.09. The summed E-state index contributed by atoms with van der Waals surface area (Å²) in [5.74, 6) is 1.60. The molecule has 0 aliphatic carbocycles. The lowest BCUT2D eigenvalue weighted by atomic mass is 10.1. The van der Waals surface area contributed by atoms with Crippen molar-refractivity contribution in [1.29, 1.82) is 5.26 Å². The predicted molar refractivity (Wildman–Crippen MR) is 96.1 cm³/mol. The van der Waals surface area contributed by atoms with Crippen LogP contribution in [0.5, 0.6) is 0 Å². The Morgan fingerprint density at radius 2 is 1.88 bits per heavy atom. The standard InChI is InChI=1S/C17H16ClN7/c1-12-8-16(25-17(22-12)20-11-21-25)24-6-4-23(5-7-24)15-9-14(18)3-2-13(15)10-19/h2-3,8-9,11H,4-7H2,1H3. The summed E-state index contributed by atoms with van der Waals surface area (Å²) in [4.78, 5) is 13.0. The van der Waals surface area contributed by atoms with Gasteiger partial charge in [0.2, 0.25) is 0 Å². The van der Waals surface area contributed by atoms with Gasteiger partial charge in [0.15, 0.2) is 0 Å². The van der Waals surface area contributed by atoms with Crippen LogP contribution in [0.25, 0.3) is 5.78 Å². The highest BCUT2D eigenvalue weighted by Crippen LogP contribution is 2.26. The number of piperazine rings is 1. The van der Waals surface area contributed by atoms with Crippen LogP contribution in [-0.4, -0.2) is 45.8 Å². The molecule has 0 N–H and O–H groups in total. The summed E-state index contributed by atoms with van der Waals surface area (Å²) in [5, 5.41) is 14.3. The van der Waals surface area contributed by atoms with Gasteiger partial charge in [-0.25, -0.2) is 4.98 Å². The second-order valence-electron chi connectivity index (χ2n) is 5.97. The number of hydrogen-bond donors (Lipinski definition) is 0. The molecular formula is C17H16ClN7. The second-order valence-corrected chi connectivity index (χ2v) is 6.41. The Morgan fingerprint density at radius 1 is 1.12 bits per heavy atom. The monoisotopic (exact) mass is 353 g/mol. The average molecular weight is 354 g/mol. The third kappa shape index (κ3) is 2.85. The molecule has 0 unspecified atom stereocenters. The minimum absolute atomic E-state index is 0.610. The lowest BCUT2D eigenvalue weighted by Gasteiger charge is -2.37. The van der Waals surface area contributed by atoms with Gasteiger partial charge < -0.3 is 9.80 Å². The Bertz CT molecular complexity index is 967. The Hall–Kier alpha value is -2.85. The number of benzene rings is 1. The molecule has 4 rings (SSSR count). The fraction of sp³-hybridized carbons (Fsp3) is 0.294. The van der Waals surface area contributed by atoms with Crippen LogP contribution in [0.2, 0.25) is 5.02 Å². The predicted octanol–water partition coefficient (Wildman–Crippen LogP) is 2.28. The molecule has 25 heavy (non-hydrogen) atoms. The Balaban J connectivity index is 1.59. The molecule has 8 heteroatoms. The maximum Gasteiger partial charge on any atom is 0.254 e. The molecule has 0 atom stereocenters. The van der Waals surface area contributed by atoms with Gasteiger partial charge in [-0.3, -0.25) is 0 Å². The van der Waals surface area contributed by atoms with Crippen molar-refractivity contribution in [3.63, 3.8) is 0 Å². The fourth-order valence-electron chi connectivity index (χ4n) is 3.17. The van der Waals surface area contributed by atoms with E-state index in [9.17, 15) is 5.26 Å². The molecule has 1 fully saturated rings. The summed E-state index contributed by atoms with van der Waals surface area (Å²) in [7, 11) is 0. The van der Waals surface area contributed by atoms with Crippen LogP contribution in [-0.2, 0) is 0 Å². The highest BCUT2D eigenvalue weighted by atomic mass is 35.5. The van der Waals surface area contributed by atoms with Gasteiger partial charge in [0.25, 0.3) is 5.78 Å². The van der Waals surface area contributed by atoms with Crippen LogP contribution in [0.15, 0.2) is 30.6 Å². The molecule has 0 saturated carbocycles. The first-order valence-electron chi connectivity index (χ1n) is 8.02. The van der Waals surface area contributed by atoms with Crippen molar-refractivity contribution in [2.45, 2.75) is 6.92 Å². The van der Waals surface area contributed by atoms with Crippen molar-refractivity contribution < 1.29 is 0 Å². The molecule has 1 aliphatic heterocycles. The zero-order valence-corrected chi connectivity index (χ0v) is 14.5. The minimum Gasteiger partial charge on any atom is -0.367 e.